The van der Waals surface area contributed by atoms with Gasteiger partial charge in [-0.15, -0.1) is 0 Å². The van der Waals surface area contributed by atoms with E-state index in [1.54, 1.807) is 24.3 Å². The Morgan fingerprint density at radius 2 is 1.81 bits per heavy atom. The van der Waals surface area contributed by atoms with Crippen LogP contribution in [-0.4, -0.2) is 5.91 Å². The predicted molar refractivity (Wildman–Crippen MR) is 75.2 cm³/mol. The van der Waals surface area contributed by atoms with Crippen LogP contribution in [0.3, 0.4) is 0 Å². The standard InChI is InChI=1S/C15H11ClF3NO/c16-13-7-2-1-4-10(13)8-14(21)20-12-6-3-5-11(9-12)15(17,18)19/h1-7,9H,8H2,(H,20,21). The Morgan fingerprint density at radius 3 is 2.48 bits per heavy atom. The van der Waals surface area contributed by atoms with E-state index in [9.17, 15) is 18.0 Å². The summed E-state index contributed by atoms with van der Waals surface area (Å²) >= 11 is 5.93. The Balaban J connectivity index is 2.08. The van der Waals surface area contributed by atoms with Gasteiger partial charge in [-0.25, -0.2) is 0 Å². The number of carbonyl (C=O) groups excluding carboxylic acids is 1. The third kappa shape index (κ3) is 4.23. The average Bonchev–Trinajstić information content (AvgIpc) is 2.41. The van der Waals surface area contributed by atoms with Gasteiger partial charge in [-0.3, -0.25) is 4.79 Å². The number of benzene rings is 2. The molecule has 0 unspecified atom stereocenters. The zero-order valence-electron chi connectivity index (χ0n) is 10.7. The maximum Gasteiger partial charge on any atom is 0.416 e. The van der Waals surface area contributed by atoms with Gasteiger partial charge in [0.2, 0.25) is 5.91 Å². The molecule has 110 valence electrons. The highest BCUT2D eigenvalue weighted by Crippen LogP contribution is 2.30. The molecule has 0 atom stereocenters. The fourth-order valence-corrected chi connectivity index (χ4v) is 2.00. The molecule has 2 aromatic carbocycles. The van der Waals surface area contributed by atoms with Crippen LogP contribution in [0.2, 0.25) is 5.02 Å². The van der Waals surface area contributed by atoms with Crippen molar-refractivity contribution >= 4 is 23.2 Å². The van der Waals surface area contributed by atoms with Crippen LogP contribution in [0.1, 0.15) is 11.1 Å². The van der Waals surface area contributed by atoms with E-state index < -0.39 is 17.6 Å². The molecule has 0 aromatic heterocycles. The molecule has 2 aromatic rings. The highest BCUT2D eigenvalue weighted by Gasteiger charge is 2.30. The van der Waals surface area contributed by atoms with Gasteiger partial charge >= 0.3 is 6.18 Å². The van der Waals surface area contributed by atoms with Crippen LogP contribution in [0.15, 0.2) is 48.5 Å². The lowest BCUT2D eigenvalue weighted by Gasteiger charge is -2.10. The third-order valence-electron chi connectivity index (χ3n) is 2.78. The molecule has 0 heterocycles. The molecule has 0 aliphatic rings. The average molecular weight is 314 g/mol. The highest BCUT2D eigenvalue weighted by atomic mass is 35.5. The molecule has 0 saturated heterocycles. The molecule has 6 heteroatoms. The van der Waals surface area contributed by atoms with E-state index >= 15 is 0 Å². The van der Waals surface area contributed by atoms with Gasteiger partial charge in [0.25, 0.3) is 0 Å². The van der Waals surface area contributed by atoms with E-state index in [-0.39, 0.29) is 12.1 Å². The summed E-state index contributed by atoms with van der Waals surface area (Å²) in [5.74, 6) is -0.428. The smallest absolute Gasteiger partial charge is 0.326 e. The maximum atomic E-state index is 12.6. The summed E-state index contributed by atoms with van der Waals surface area (Å²) in [5.41, 5.74) is -0.0939. The van der Waals surface area contributed by atoms with Crippen molar-refractivity contribution in [2.45, 2.75) is 12.6 Å². The molecule has 1 amide bonds. The van der Waals surface area contributed by atoms with E-state index in [1.165, 1.54) is 12.1 Å². The van der Waals surface area contributed by atoms with E-state index in [2.05, 4.69) is 5.32 Å². The van der Waals surface area contributed by atoms with Crippen LogP contribution in [0.5, 0.6) is 0 Å². The molecule has 0 spiro atoms. The summed E-state index contributed by atoms with van der Waals surface area (Å²) in [7, 11) is 0. The number of anilines is 1. The first-order valence-electron chi connectivity index (χ1n) is 6.07. The Bertz CT molecular complexity index is 655. The van der Waals surface area contributed by atoms with Crippen LogP contribution in [0.4, 0.5) is 18.9 Å². The number of amides is 1. The minimum atomic E-state index is -4.44. The molecule has 21 heavy (non-hydrogen) atoms. The fourth-order valence-electron chi connectivity index (χ4n) is 1.79. The molecule has 0 radical (unpaired) electrons. The van der Waals surface area contributed by atoms with Gasteiger partial charge in [0.15, 0.2) is 0 Å². The molecule has 0 fully saturated rings. The third-order valence-corrected chi connectivity index (χ3v) is 3.15. The summed E-state index contributed by atoms with van der Waals surface area (Å²) < 4.78 is 37.7. The van der Waals surface area contributed by atoms with Crippen molar-refractivity contribution in [2.75, 3.05) is 5.32 Å². The fraction of sp³-hybridized carbons (Fsp3) is 0.133. The second-order valence-corrected chi connectivity index (χ2v) is 4.80. The summed E-state index contributed by atoms with van der Waals surface area (Å²) in [6.45, 7) is 0. The van der Waals surface area contributed by atoms with E-state index in [0.717, 1.165) is 12.1 Å². The Hall–Kier alpha value is -2.01. The molecule has 0 saturated carbocycles. The summed E-state index contributed by atoms with van der Waals surface area (Å²) in [6, 6.07) is 11.3. The number of carbonyl (C=O) groups is 1. The van der Waals surface area contributed by atoms with Crippen molar-refractivity contribution in [1.82, 2.24) is 0 Å². The van der Waals surface area contributed by atoms with Gasteiger partial charge < -0.3 is 5.32 Å². The number of hydrogen-bond acceptors (Lipinski definition) is 1. The predicted octanol–water partition coefficient (Wildman–Crippen LogP) is 4.54. The molecular weight excluding hydrogens is 303 g/mol. The van der Waals surface area contributed by atoms with Crippen LogP contribution in [0.25, 0.3) is 0 Å². The van der Waals surface area contributed by atoms with Gasteiger partial charge in [-0.2, -0.15) is 13.2 Å². The topological polar surface area (TPSA) is 29.1 Å². The molecular formula is C15H11ClF3NO. The van der Waals surface area contributed by atoms with Crippen LogP contribution < -0.4 is 5.32 Å². The molecule has 1 N–H and O–H groups in total. The van der Waals surface area contributed by atoms with Gasteiger partial charge in [0.1, 0.15) is 0 Å². The lowest BCUT2D eigenvalue weighted by atomic mass is 10.1. The number of nitrogens with one attached hydrogen (secondary N) is 1. The first kappa shape index (κ1) is 15.4. The van der Waals surface area contributed by atoms with Gasteiger partial charge in [-0.05, 0) is 29.8 Å². The van der Waals surface area contributed by atoms with E-state index in [4.69, 9.17) is 11.6 Å². The Kier molecular flexibility index (Phi) is 4.53. The number of alkyl halides is 3. The second-order valence-electron chi connectivity index (χ2n) is 4.39. The summed E-state index contributed by atoms with van der Waals surface area (Å²) in [4.78, 5) is 11.8. The normalized spacial score (nSPS) is 11.2. The number of halogens is 4. The molecule has 0 bridgehead atoms. The zero-order valence-corrected chi connectivity index (χ0v) is 11.5. The lowest BCUT2D eigenvalue weighted by molar-refractivity contribution is -0.137. The monoisotopic (exact) mass is 313 g/mol. The quantitative estimate of drug-likeness (QED) is 0.885. The first-order valence-corrected chi connectivity index (χ1v) is 6.44. The van der Waals surface area contributed by atoms with Crippen LogP contribution >= 0.6 is 11.6 Å². The maximum absolute atomic E-state index is 12.6. The van der Waals surface area contributed by atoms with Crippen molar-refractivity contribution in [3.63, 3.8) is 0 Å². The summed E-state index contributed by atoms with van der Waals surface area (Å²) in [5, 5.41) is 2.87. The van der Waals surface area contributed by atoms with E-state index in [1.807, 2.05) is 0 Å². The molecule has 2 nitrogen and oxygen atoms in total. The minimum Gasteiger partial charge on any atom is -0.326 e. The van der Waals surface area contributed by atoms with Gasteiger partial charge in [-0.1, -0.05) is 35.9 Å². The van der Waals surface area contributed by atoms with Crippen molar-refractivity contribution in [1.29, 1.82) is 0 Å². The molecule has 0 aliphatic heterocycles. The van der Waals surface area contributed by atoms with E-state index in [0.29, 0.717) is 10.6 Å². The molecule has 0 aliphatic carbocycles. The van der Waals surface area contributed by atoms with Gasteiger partial charge in [0, 0.05) is 10.7 Å². The Labute approximate surface area is 124 Å². The van der Waals surface area contributed by atoms with Crippen molar-refractivity contribution in [3.8, 4) is 0 Å². The minimum absolute atomic E-state index is 0.00405. The van der Waals surface area contributed by atoms with Gasteiger partial charge in [0.05, 0.1) is 12.0 Å². The number of rotatable bonds is 3. The Morgan fingerprint density at radius 1 is 1.10 bits per heavy atom. The SMILES string of the molecule is O=C(Cc1ccccc1Cl)Nc1cccc(C(F)(F)F)c1. The number of hydrogen-bond donors (Lipinski definition) is 1. The second kappa shape index (κ2) is 6.18. The molecule has 2 rings (SSSR count). The van der Waals surface area contributed by atoms with Crippen LogP contribution in [0, 0.1) is 0 Å². The zero-order chi connectivity index (χ0) is 15.5. The highest BCUT2D eigenvalue weighted by molar-refractivity contribution is 6.31. The van der Waals surface area contributed by atoms with Crippen molar-refractivity contribution < 1.29 is 18.0 Å². The van der Waals surface area contributed by atoms with Crippen LogP contribution in [-0.2, 0) is 17.4 Å². The van der Waals surface area contributed by atoms with Crippen molar-refractivity contribution in [2.24, 2.45) is 0 Å². The first-order chi connectivity index (χ1) is 9.86. The largest absolute Gasteiger partial charge is 0.416 e. The lowest BCUT2D eigenvalue weighted by Crippen LogP contribution is -2.15. The van der Waals surface area contributed by atoms with Crippen molar-refractivity contribution in [3.05, 3.63) is 64.7 Å². The summed E-state index contributed by atoms with van der Waals surface area (Å²) in [6.07, 6.45) is -4.45.